The van der Waals surface area contributed by atoms with Crippen LogP contribution >= 0.6 is 15.9 Å². The number of rotatable bonds is 4. The number of hydrogen-bond donors (Lipinski definition) is 0. The second-order valence-corrected chi connectivity index (χ2v) is 5.62. The Kier molecular flexibility index (Phi) is 4.33. The Bertz CT molecular complexity index is 364. The zero-order valence-corrected chi connectivity index (χ0v) is 12.1. The Balaban J connectivity index is 2.65. The summed E-state index contributed by atoms with van der Waals surface area (Å²) < 4.78 is 6.70. The van der Waals surface area contributed by atoms with E-state index in [1.165, 1.54) is 0 Å². The van der Waals surface area contributed by atoms with Gasteiger partial charge >= 0.3 is 0 Å². The van der Waals surface area contributed by atoms with Crippen LogP contribution < -0.4 is 4.74 Å². The molecule has 1 heterocycles. The van der Waals surface area contributed by atoms with Crippen molar-refractivity contribution in [2.24, 2.45) is 0 Å². The number of nitrogens with zero attached hydrogens (tertiary/aromatic N) is 2. The van der Waals surface area contributed by atoms with Crippen molar-refractivity contribution in [2.75, 3.05) is 20.7 Å². The second-order valence-electron chi connectivity index (χ2n) is 4.77. The van der Waals surface area contributed by atoms with E-state index in [2.05, 4.69) is 39.7 Å². The van der Waals surface area contributed by atoms with Gasteiger partial charge in [-0.1, -0.05) is 0 Å². The van der Waals surface area contributed by atoms with Crippen molar-refractivity contribution < 1.29 is 4.74 Å². The molecule has 0 unspecified atom stereocenters. The molecule has 16 heavy (non-hydrogen) atoms. The lowest BCUT2D eigenvalue weighted by Crippen LogP contribution is -2.43. The molecule has 1 rings (SSSR count). The van der Waals surface area contributed by atoms with Gasteiger partial charge in [-0.3, -0.25) is 0 Å². The van der Waals surface area contributed by atoms with Crippen molar-refractivity contribution in [3.05, 3.63) is 22.3 Å². The molecule has 0 aromatic carbocycles. The highest BCUT2D eigenvalue weighted by Gasteiger charge is 2.21. The van der Waals surface area contributed by atoms with Crippen LogP contribution in [0.25, 0.3) is 0 Å². The van der Waals surface area contributed by atoms with E-state index < -0.39 is 0 Å². The molecule has 90 valence electrons. The number of likely N-dealkylation sites (N-methyl/N-ethyl adjacent to an activating group) is 1. The van der Waals surface area contributed by atoms with E-state index in [0.717, 1.165) is 10.0 Å². The number of halogens is 1. The SMILES string of the molecule is Cc1cc(OCC(C)(C)N(C)C)ncc1Br. The molecule has 1 aromatic heterocycles. The molecule has 0 bridgehead atoms. The molecular formula is C12H19BrN2O. The molecule has 3 nitrogen and oxygen atoms in total. The summed E-state index contributed by atoms with van der Waals surface area (Å²) in [6.45, 7) is 6.92. The van der Waals surface area contributed by atoms with Crippen LogP contribution in [0, 0.1) is 6.92 Å². The van der Waals surface area contributed by atoms with E-state index in [0.29, 0.717) is 12.5 Å². The summed E-state index contributed by atoms with van der Waals surface area (Å²) in [5.41, 5.74) is 1.13. The van der Waals surface area contributed by atoms with Crippen LogP contribution in [-0.2, 0) is 0 Å². The van der Waals surface area contributed by atoms with Crippen LogP contribution in [0.15, 0.2) is 16.7 Å². The molecule has 0 atom stereocenters. The van der Waals surface area contributed by atoms with Crippen LogP contribution in [0.5, 0.6) is 5.88 Å². The molecule has 0 saturated carbocycles. The minimum atomic E-state index is 0.00264. The van der Waals surface area contributed by atoms with Crippen molar-refractivity contribution in [3.63, 3.8) is 0 Å². The topological polar surface area (TPSA) is 25.4 Å². The second kappa shape index (κ2) is 5.15. The van der Waals surface area contributed by atoms with Gasteiger partial charge in [0.05, 0.1) is 0 Å². The molecule has 0 aliphatic heterocycles. The fourth-order valence-electron chi connectivity index (χ4n) is 0.972. The summed E-state index contributed by atoms with van der Waals surface area (Å²) in [6.07, 6.45) is 1.77. The third-order valence-corrected chi connectivity index (χ3v) is 3.64. The molecule has 1 aromatic rings. The molecule has 4 heteroatoms. The number of ether oxygens (including phenoxy) is 1. The Labute approximate surface area is 106 Å². The summed E-state index contributed by atoms with van der Waals surface area (Å²) in [5.74, 6) is 0.677. The smallest absolute Gasteiger partial charge is 0.213 e. The van der Waals surface area contributed by atoms with E-state index in [1.54, 1.807) is 6.20 Å². The van der Waals surface area contributed by atoms with Crippen molar-refractivity contribution >= 4 is 15.9 Å². The maximum absolute atomic E-state index is 5.69. The normalized spacial score (nSPS) is 11.9. The molecule has 0 aliphatic rings. The Morgan fingerprint density at radius 2 is 2.06 bits per heavy atom. The van der Waals surface area contributed by atoms with Crippen molar-refractivity contribution in [2.45, 2.75) is 26.3 Å². The average Bonchev–Trinajstić information content (AvgIpc) is 2.20. The van der Waals surface area contributed by atoms with Gasteiger partial charge in [-0.15, -0.1) is 0 Å². The van der Waals surface area contributed by atoms with Gasteiger partial charge in [0.25, 0.3) is 0 Å². The van der Waals surface area contributed by atoms with Crippen molar-refractivity contribution in [1.29, 1.82) is 0 Å². The fraction of sp³-hybridized carbons (Fsp3) is 0.583. The third-order valence-electron chi connectivity index (χ3n) is 2.81. The van der Waals surface area contributed by atoms with Gasteiger partial charge in [0, 0.05) is 22.3 Å². The molecule has 0 saturated heterocycles. The number of hydrogen-bond acceptors (Lipinski definition) is 3. The highest BCUT2D eigenvalue weighted by Crippen LogP contribution is 2.20. The first-order valence-corrected chi connectivity index (χ1v) is 6.04. The van der Waals surface area contributed by atoms with Gasteiger partial charge in [0.1, 0.15) is 6.61 Å². The van der Waals surface area contributed by atoms with Crippen molar-refractivity contribution in [3.8, 4) is 5.88 Å². The number of pyridine rings is 1. The minimum Gasteiger partial charge on any atom is -0.476 e. The van der Waals surface area contributed by atoms with Crippen LogP contribution in [0.4, 0.5) is 0 Å². The summed E-state index contributed by atoms with van der Waals surface area (Å²) in [4.78, 5) is 6.35. The van der Waals surface area contributed by atoms with Gasteiger partial charge in [0.2, 0.25) is 5.88 Å². The first-order valence-electron chi connectivity index (χ1n) is 5.25. The first kappa shape index (κ1) is 13.5. The molecule has 0 radical (unpaired) electrons. The zero-order chi connectivity index (χ0) is 12.3. The molecule has 0 aliphatic carbocycles. The van der Waals surface area contributed by atoms with Gasteiger partial charge in [0.15, 0.2) is 0 Å². The van der Waals surface area contributed by atoms with Crippen LogP contribution in [-0.4, -0.2) is 36.1 Å². The van der Waals surface area contributed by atoms with Gasteiger partial charge in [-0.2, -0.15) is 0 Å². The van der Waals surface area contributed by atoms with E-state index in [9.17, 15) is 0 Å². The number of aromatic nitrogens is 1. The average molecular weight is 287 g/mol. The molecule has 0 spiro atoms. The first-order chi connectivity index (χ1) is 7.33. The summed E-state index contributed by atoms with van der Waals surface area (Å²) in [5, 5.41) is 0. The molecular weight excluding hydrogens is 268 g/mol. The van der Waals surface area contributed by atoms with E-state index >= 15 is 0 Å². The molecule has 0 fully saturated rings. The Morgan fingerprint density at radius 3 is 2.56 bits per heavy atom. The van der Waals surface area contributed by atoms with E-state index in [1.807, 2.05) is 27.1 Å². The van der Waals surface area contributed by atoms with Gasteiger partial charge in [-0.05, 0) is 56.4 Å². The van der Waals surface area contributed by atoms with Crippen LogP contribution in [0.1, 0.15) is 19.4 Å². The van der Waals surface area contributed by atoms with E-state index in [4.69, 9.17) is 4.74 Å². The number of aryl methyl sites for hydroxylation is 1. The lowest BCUT2D eigenvalue weighted by Gasteiger charge is -2.31. The van der Waals surface area contributed by atoms with E-state index in [-0.39, 0.29) is 5.54 Å². The molecule has 0 amide bonds. The highest BCUT2D eigenvalue weighted by molar-refractivity contribution is 9.10. The summed E-state index contributed by atoms with van der Waals surface area (Å²) in [7, 11) is 4.09. The standard InChI is InChI=1S/C12H19BrN2O/c1-9-6-11(14-7-10(9)13)16-8-12(2,3)15(4)5/h6-7H,8H2,1-5H3. The Morgan fingerprint density at radius 1 is 1.44 bits per heavy atom. The summed E-state index contributed by atoms with van der Waals surface area (Å²) >= 11 is 3.42. The van der Waals surface area contributed by atoms with Gasteiger partial charge in [-0.25, -0.2) is 4.98 Å². The fourth-order valence-corrected chi connectivity index (χ4v) is 1.19. The monoisotopic (exact) mass is 286 g/mol. The lowest BCUT2D eigenvalue weighted by atomic mass is 10.1. The maximum Gasteiger partial charge on any atom is 0.213 e. The predicted molar refractivity (Wildman–Crippen MR) is 69.9 cm³/mol. The van der Waals surface area contributed by atoms with Crippen molar-refractivity contribution in [1.82, 2.24) is 9.88 Å². The van der Waals surface area contributed by atoms with Crippen LogP contribution in [0.2, 0.25) is 0 Å². The minimum absolute atomic E-state index is 0.00264. The van der Waals surface area contributed by atoms with Crippen LogP contribution in [0.3, 0.4) is 0 Å². The maximum atomic E-state index is 5.69. The summed E-state index contributed by atoms with van der Waals surface area (Å²) in [6, 6.07) is 1.94. The Hall–Kier alpha value is -0.610. The predicted octanol–water partition coefficient (Wildman–Crippen LogP) is 2.87. The molecule has 0 N–H and O–H groups in total. The zero-order valence-electron chi connectivity index (χ0n) is 10.5. The highest BCUT2D eigenvalue weighted by atomic mass is 79.9. The largest absolute Gasteiger partial charge is 0.476 e. The lowest BCUT2D eigenvalue weighted by molar-refractivity contribution is 0.111. The third kappa shape index (κ3) is 3.46. The van der Waals surface area contributed by atoms with Gasteiger partial charge < -0.3 is 9.64 Å². The quantitative estimate of drug-likeness (QED) is 0.851.